The molecule has 1 aromatic carbocycles. The van der Waals surface area contributed by atoms with Crippen LogP contribution in [0.3, 0.4) is 0 Å². The minimum atomic E-state index is -4.67. The third-order valence-corrected chi connectivity index (χ3v) is 4.38. The molecule has 0 saturated carbocycles. The van der Waals surface area contributed by atoms with E-state index in [1.165, 1.54) is 12.1 Å². The summed E-state index contributed by atoms with van der Waals surface area (Å²) in [5.41, 5.74) is 2.60. The number of halogens is 4. The van der Waals surface area contributed by atoms with E-state index >= 15 is 0 Å². The maximum atomic E-state index is 13.3. The first-order valence-electron chi connectivity index (χ1n) is 8.42. The SMILES string of the molecule is Cc1ccc(F)cc1NC(=O)CCc1c(C)nc2nc(C(F)(F)F)nn2c1C. The maximum Gasteiger partial charge on any atom is 0.453 e. The first-order valence-corrected chi connectivity index (χ1v) is 8.42. The zero-order valence-corrected chi connectivity index (χ0v) is 15.4. The van der Waals surface area contributed by atoms with Crippen molar-refractivity contribution in [2.75, 3.05) is 5.32 Å². The maximum absolute atomic E-state index is 13.3. The predicted octanol–water partition coefficient (Wildman–Crippen LogP) is 3.78. The lowest BCUT2D eigenvalue weighted by atomic mass is 10.1. The zero-order chi connectivity index (χ0) is 20.6. The highest BCUT2D eigenvalue weighted by Crippen LogP contribution is 2.27. The van der Waals surface area contributed by atoms with E-state index in [0.717, 1.165) is 4.52 Å². The molecule has 0 aliphatic carbocycles. The van der Waals surface area contributed by atoms with Crippen molar-refractivity contribution in [3.8, 4) is 0 Å². The summed E-state index contributed by atoms with van der Waals surface area (Å²) < 4.78 is 52.9. The molecule has 2 aromatic heterocycles. The molecule has 3 rings (SSSR count). The van der Waals surface area contributed by atoms with Gasteiger partial charge in [0, 0.05) is 23.5 Å². The number of nitrogens with one attached hydrogen (secondary N) is 1. The van der Waals surface area contributed by atoms with Crippen LogP contribution >= 0.6 is 0 Å². The monoisotopic (exact) mass is 395 g/mol. The molecule has 1 N–H and O–H groups in total. The number of carbonyl (C=O) groups excluding carboxylic acids is 1. The van der Waals surface area contributed by atoms with Gasteiger partial charge in [-0.15, -0.1) is 5.10 Å². The minimum Gasteiger partial charge on any atom is -0.326 e. The highest BCUT2D eigenvalue weighted by Gasteiger charge is 2.36. The number of rotatable bonds is 4. The minimum absolute atomic E-state index is 0.0473. The summed E-state index contributed by atoms with van der Waals surface area (Å²) in [7, 11) is 0. The van der Waals surface area contributed by atoms with Gasteiger partial charge in [-0.05, 0) is 50.5 Å². The number of amides is 1. The van der Waals surface area contributed by atoms with Crippen LogP contribution < -0.4 is 5.32 Å². The Kier molecular flexibility index (Phi) is 5.05. The van der Waals surface area contributed by atoms with Crippen LogP contribution in [0.5, 0.6) is 0 Å². The molecule has 0 radical (unpaired) electrons. The number of aromatic nitrogens is 4. The van der Waals surface area contributed by atoms with Crippen molar-refractivity contribution in [1.29, 1.82) is 0 Å². The molecule has 0 unspecified atom stereocenters. The van der Waals surface area contributed by atoms with Crippen LogP contribution in [0.2, 0.25) is 0 Å². The van der Waals surface area contributed by atoms with Crippen molar-refractivity contribution in [3.05, 3.63) is 52.4 Å². The standard InChI is InChI=1S/C18H17F4N5O/c1-9-4-5-12(19)8-14(9)24-15(28)7-6-13-10(2)23-17-25-16(18(20,21)22)26-27(17)11(13)3/h4-5,8H,6-7H2,1-3H3,(H,24,28). The first-order chi connectivity index (χ1) is 13.1. The predicted molar refractivity (Wildman–Crippen MR) is 93.3 cm³/mol. The van der Waals surface area contributed by atoms with Gasteiger partial charge < -0.3 is 5.32 Å². The third-order valence-electron chi connectivity index (χ3n) is 4.38. The fraction of sp³-hybridized carbons (Fsp3) is 0.333. The Labute approximate surface area is 157 Å². The Bertz CT molecular complexity index is 1060. The van der Waals surface area contributed by atoms with Gasteiger partial charge in [0.1, 0.15) is 5.82 Å². The summed E-state index contributed by atoms with van der Waals surface area (Å²) >= 11 is 0. The van der Waals surface area contributed by atoms with Gasteiger partial charge in [0.25, 0.3) is 11.6 Å². The molecular formula is C18H17F4N5O. The Morgan fingerprint density at radius 1 is 1.18 bits per heavy atom. The van der Waals surface area contributed by atoms with E-state index in [-0.39, 0.29) is 24.5 Å². The second-order valence-electron chi connectivity index (χ2n) is 6.41. The largest absolute Gasteiger partial charge is 0.453 e. The smallest absolute Gasteiger partial charge is 0.326 e. The van der Waals surface area contributed by atoms with Crippen molar-refractivity contribution in [2.45, 2.75) is 39.8 Å². The topological polar surface area (TPSA) is 72.2 Å². The van der Waals surface area contributed by atoms with Crippen LogP contribution in [0.25, 0.3) is 5.78 Å². The van der Waals surface area contributed by atoms with Gasteiger partial charge in [-0.1, -0.05) is 6.07 Å². The number of nitrogens with zero attached hydrogens (tertiary/aromatic N) is 4. The Morgan fingerprint density at radius 2 is 1.89 bits per heavy atom. The molecule has 10 heteroatoms. The van der Waals surface area contributed by atoms with Crippen molar-refractivity contribution in [2.24, 2.45) is 0 Å². The fourth-order valence-corrected chi connectivity index (χ4v) is 2.87. The Hall–Kier alpha value is -3.04. The van der Waals surface area contributed by atoms with E-state index in [0.29, 0.717) is 28.2 Å². The van der Waals surface area contributed by atoms with Gasteiger partial charge in [-0.3, -0.25) is 4.79 Å². The van der Waals surface area contributed by atoms with Crippen molar-refractivity contribution >= 4 is 17.4 Å². The van der Waals surface area contributed by atoms with Crippen LogP contribution in [-0.2, 0) is 17.4 Å². The molecule has 2 heterocycles. The molecule has 148 valence electrons. The Balaban J connectivity index is 1.80. The van der Waals surface area contributed by atoms with E-state index in [4.69, 9.17) is 0 Å². The molecule has 6 nitrogen and oxygen atoms in total. The van der Waals surface area contributed by atoms with Crippen LogP contribution in [-0.4, -0.2) is 25.5 Å². The molecule has 3 aromatic rings. The molecule has 0 atom stereocenters. The normalized spacial score (nSPS) is 11.8. The lowest BCUT2D eigenvalue weighted by Gasteiger charge is -2.11. The van der Waals surface area contributed by atoms with E-state index < -0.39 is 17.8 Å². The van der Waals surface area contributed by atoms with Crippen LogP contribution in [0.4, 0.5) is 23.2 Å². The summed E-state index contributed by atoms with van der Waals surface area (Å²) in [5, 5.41) is 6.12. The van der Waals surface area contributed by atoms with E-state index in [2.05, 4.69) is 20.4 Å². The van der Waals surface area contributed by atoms with E-state index in [1.807, 2.05) is 0 Å². The van der Waals surface area contributed by atoms with Crippen LogP contribution in [0.1, 0.15) is 34.8 Å². The summed E-state index contributed by atoms with van der Waals surface area (Å²) in [6, 6.07) is 4.08. The summed E-state index contributed by atoms with van der Waals surface area (Å²) in [4.78, 5) is 19.7. The van der Waals surface area contributed by atoms with Gasteiger partial charge >= 0.3 is 6.18 Å². The zero-order valence-electron chi connectivity index (χ0n) is 15.4. The quantitative estimate of drug-likeness (QED) is 0.683. The fourth-order valence-electron chi connectivity index (χ4n) is 2.87. The second kappa shape index (κ2) is 7.17. The molecule has 1 amide bonds. The first kappa shape index (κ1) is 19.7. The number of hydrogen-bond acceptors (Lipinski definition) is 4. The highest BCUT2D eigenvalue weighted by molar-refractivity contribution is 5.91. The number of hydrogen-bond donors (Lipinski definition) is 1. The number of benzene rings is 1. The number of alkyl halides is 3. The highest BCUT2D eigenvalue weighted by atomic mass is 19.4. The number of carbonyl (C=O) groups is 1. The lowest BCUT2D eigenvalue weighted by molar-refractivity contribution is -0.144. The molecule has 28 heavy (non-hydrogen) atoms. The average Bonchev–Trinajstić information content (AvgIpc) is 3.02. The van der Waals surface area contributed by atoms with Crippen molar-refractivity contribution in [1.82, 2.24) is 19.6 Å². The Morgan fingerprint density at radius 3 is 2.57 bits per heavy atom. The summed E-state index contributed by atoms with van der Waals surface area (Å²) in [5.74, 6) is -2.22. The van der Waals surface area contributed by atoms with E-state index in [1.54, 1.807) is 26.8 Å². The van der Waals surface area contributed by atoms with E-state index in [9.17, 15) is 22.4 Å². The third kappa shape index (κ3) is 3.95. The van der Waals surface area contributed by atoms with Crippen LogP contribution in [0.15, 0.2) is 18.2 Å². The molecule has 0 bridgehead atoms. The molecule has 0 spiro atoms. The summed E-state index contributed by atoms with van der Waals surface area (Å²) in [6.07, 6.45) is -4.38. The molecule has 0 aliphatic rings. The summed E-state index contributed by atoms with van der Waals surface area (Å²) in [6.45, 7) is 4.98. The van der Waals surface area contributed by atoms with Gasteiger partial charge in [-0.2, -0.15) is 18.2 Å². The second-order valence-corrected chi connectivity index (χ2v) is 6.41. The lowest BCUT2D eigenvalue weighted by Crippen LogP contribution is -2.15. The number of fused-ring (bicyclic) bond motifs is 1. The molecule has 0 saturated heterocycles. The molecular weight excluding hydrogens is 378 g/mol. The number of anilines is 1. The van der Waals surface area contributed by atoms with Gasteiger partial charge in [-0.25, -0.2) is 13.9 Å². The van der Waals surface area contributed by atoms with Gasteiger partial charge in [0.2, 0.25) is 5.91 Å². The van der Waals surface area contributed by atoms with Gasteiger partial charge in [0.05, 0.1) is 0 Å². The van der Waals surface area contributed by atoms with Gasteiger partial charge in [0.15, 0.2) is 0 Å². The molecule has 0 aliphatic heterocycles. The van der Waals surface area contributed by atoms with Crippen molar-refractivity contribution < 1.29 is 22.4 Å². The van der Waals surface area contributed by atoms with Crippen molar-refractivity contribution in [3.63, 3.8) is 0 Å². The molecule has 0 fully saturated rings. The number of aryl methyl sites for hydroxylation is 3. The van der Waals surface area contributed by atoms with Crippen LogP contribution in [0, 0.1) is 26.6 Å². The average molecular weight is 395 g/mol.